The van der Waals surface area contributed by atoms with Gasteiger partial charge in [-0.2, -0.15) is 0 Å². The van der Waals surface area contributed by atoms with Gasteiger partial charge in [0.05, 0.1) is 40.1 Å². The number of benzene rings is 7. The molecule has 0 aliphatic heterocycles. The van der Waals surface area contributed by atoms with Gasteiger partial charge in [0.25, 0.3) is 0 Å². The average Bonchev–Trinajstić information content (AvgIpc) is 3.36. The molecule has 3 heteroatoms. The molecular weight excluding hydrogens is 805 g/mol. The molecule has 0 atom stereocenters. The van der Waals surface area contributed by atoms with Gasteiger partial charge >= 0.3 is 0 Å². The van der Waals surface area contributed by atoms with Crippen LogP contribution < -0.4 is 0 Å². The van der Waals surface area contributed by atoms with Crippen LogP contribution >= 0.6 is 0 Å². The van der Waals surface area contributed by atoms with Crippen molar-refractivity contribution in [3.8, 4) is 68.9 Å². The van der Waals surface area contributed by atoms with Crippen LogP contribution in [0.5, 0.6) is 0 Å². The Hall–Kier alpha value is -8.16. The topological polar surface area (TPSA) is 27.7 Å². The molecular formula is C63H54O3. The Balaban J connectivity index is 1.13. The zero-order valence-corrected chi connectivity index (χ0v) is 38.0. The Kier molecular flexibility index (Phi) is 17.1. The highest BCUT2D eigenvalue weighted by Gasteiger charge is 2.09. The van der Waals surface area contributed by atoms with Gasteiger partial charge in [-0.05, 0) is 159 Å². The summed E-state index contributed by atoms with van der Waals surface area (Å²) < 4.78 is 15.3. The molecule has 0 saturated carbocycles. The molecule has 0 aromatic heterocycles. The lowest BCUT2D eigenvalue weighted by Gasteiger charge is -2.12. The van der Waals surface area contributed by atoms with E-state index in [2.05, 4.69) is 199 Å². The summed E-state index contributed by atoms with van der Waals surface area (Å²) in [7, 11) is 5.00. The lowest BCUT2D eigenvalue weighted by atomic mass is 9.92. The normalized spacial score (nSPS) is 10.8. The summed E-state index contributed by atoms with van der Waals surface area (Å²) in [5.41, 5.74) is 17.2. The van der Waals surface area contributed by atoms with Gasteiger partial charge in [-0.15, -0.1) is 0 Å². The molecule has 66 heavy (non-hydrogen) atoms. The smallest absolute Gasteiger partial charge is 0.0788 e. The van der Waals surface area contributed by atoms with Crippen LogP contribution in [-0.4, -0.2) is 21.3 Å². The molecule has 0 N–H and O–H groups in total. The second-order valence-corrected chi connectivity index (χ2v) is 15.7. The summed E-state index contributed by atoms with van der Waals surface area (Å²) in [6, 6.07) is 57.9. The second kappa shape index (κ2) is 24.6. The van der Waals surface area contributed by atoms with E-state index < -0.39 is 0 Å². The Morgan fingerprint density at radius 2 is 0.576 bits per heavy atom. The van der Waals surface area contributed by atoms with Crippen LogP contribution in [0.4, 0.5) is 0 Å². The van der Waals surface area contributed by atoms with Crippen molar-refractivity contribution in [3.63, 3.8) is 0 Å². The zero-order valence-electron chi connectivity index (χ0n) is 38.0. The van der Waals surface area contributed by atoms with Crippen LogP contribution in [0.1, 0.15) is 50.1 Å². The molecule has 0 aliphatic carbocycles. The van der Waals surface area contributed by atoms with Crippen LogP contribution in [-0.2, 0) is 52.7 Å². The van der Waals surface area contributed by atoms with E-state index in [0.717, 1.165) is 69.3 Å². The summed E-state index contributed by atoms with van der Waals surface area (Å²) in [6.07, 6.45) is 15.7. The van der Waals surface area contributed by atoms with Crippen LogP contribution in [0, 0.1) is 35.5 Å². The monoisotopic (exact) mass is 858 g/mol. The average molecular weight is 859 g/mol. The van der Waals surface area contributed by atoms with E-state index in [4.69, 9.17) is 14.2 Å². The third kappa shape index (κ3) is 13.4. The van der Waals surface area contributed by atoms with Crippen molar-refractivity contribution < 1.29 is 14.2 Å². The van der Waals surface area contributed by atoms with Gasteiger partial charge in [-0.3, -0.25) is 0 Å². The largest absolute Gasteiger partial charge is 0.505 e. The van der Waals surface area contributed by atoms with Crippen LogP contribution in [0.15, 0.2) is 201 Å². The van der Waals surface area contributed by atoms with Crippen molar-refractivity contribution in [1.29, 1.82) is 0 Å². The SMILES string of the molecule is CO/C=C/Cc1ccccc1CC#Cc1ccc(-c2cc(-c3ccc(C#CCc4ccccc4C/C=C/OC)cc3)cc(-c3ccc(C#CCc4ccccc4C/C=C/OC)cc3)c2)cc1. The van der Waals surface area contributed by atoms with E-state index in [1.54, 1.807) is 40.1 Å². The first-order valence-corrected chi connectivity index (χ1v) is 22.3. The summed E-state index contributed by atoms with van der Waals surface area (Å²) in [6.45, 7) is 0. The molecule has 0 amide bonds. The van der Waals surface area contributed by atoms with Crippen LogP contribution in [0.25, 0.3) is 33.4 Å². The molecule has 0 aliphatic rings. The molecule has 0 heterocycles. The molecule has 0 unspecified atom stereocenters. The lowest BCUT2D eigenvalue weighted by Crippen LogP contribution is -1.91. The Bertz CT molecular complexity index is 2630. The predicted octanol–water partition coefficient (Wildman–Crippen LogP) is 13.6. The number of allylic oxidation sites excluding steroid dienone is 3. The molecule has 7 aromatic carbocycles. The second-order valence-electron chi connectivity index (χ2n) is 15.7. The standard InChI is InChI=1S/C63H54O3/c1-64-43-13-28-55-22-7-4-19-52(55)25-10-16-49-31-37-58(38-32-49)61-46-62(59-39-33-50(34-40-59)17-11-26-53-20-5-8-23-56(53)29-14-44-65-2)48-63(47-61)60-41-35-51(36-42-60)18-12-27-54-21-6-9-24-57(54)30-15-45-66-3/h4-9,13-15,19-24,31-48H,25-30H2,1-3H3/b43-13+,44-14+,45-15+. The Labute approximate surface area is 392 Å². The Morgan fingerprint density at radius 3 is 0.833 bits per heavy atom. The van der Waals surface area contributed by atoms with Crippen molar-refractivity contribution in [1.82, 2.24) is 0 Å². The van der Waals surface area contributed by atoms with E-state index in [-0.39, 0.29) is 0 Å². The number of ether oxygens (including phenoxy) is 3. The maximum Gasteiger partial charge on any atom is 0.0788 e. The molecule has 0 fully saturated rings. The maximum absolute atomic E-state index is 5.10. The number of hydrogen-bond acceptors (Lipinski definition) is 3. The van der Waals surface area contributed by atoms with Crippen molar-refractivity contribution >= 4 is 0 Å². The zero-order chi connectivity index (χ0) is 45.6. The van der Waals surface area contributed by atoms with E-state index in [1.165, 1.54) is 33.4 Å². The highest BCUT2D eigenvalue weighted by atomic mass is 16.5. The minimum absolute atomic E-state index is 0.682. The molecule has 0 saturated heterocycles. The number of hydrogen-bond donors (Lipinski definition) is 0. The fourth-order valence-electron chi connectivity index (χ4n) is 7.69. The quantitative estimate of drug-likeness (QED) is 0.0759. The first-order valence-electron chi connectivity index (χ1n) is 22.3. The maximum atomic E-state index is 5.10. The van der Waals surface area contributed by atoms with Gasteiger partial charge in [0, 0.05) is 36.0 Å². The van der Waals surface area contributed by atoms with Gasteiger partial charge in [-0.25, -0.2) is 0 Å². The fourth-order valence-corrected chi connectivity index (χ4v) is 7.69. The molecule has 324 valence electrons. The van der Waals surface area contributed by atoms with Gasteiger partial charge < -0.3 is 14.2 Å². The van der Waals surface area contributed by atoms with Gasteiger partial charge in [0.2, 0.25) is 0 Å². The van der Waals surface area contributed by atoms with Crippen LogP contribution in [0.2, 0.25) is 0 Å². The first-order chi connectivity index (χ1) is 32.6. The fraction of sp³-hybridized carbons (Fsp3) is 0.143. The molecule has 7 rings (SSSR count). The van der Waals surface area contributed by atoms with E-state index in [1.807, 2.05) is 18.2 Å². The minimum Gasteiger partial charge on any atom is -0.505 e. The van der Waals surface area contributed by atoms with Crippen molar-refractivity contribution in [2.24, 2.45) is 0 Å². The third-order valence-electron chi connectivity index (χ3n) is 11.2. The van der Waals surface area contributed by atoms with Crippen molar-refractivity contribution in [2.75, 3.05) is 21.3 Å². The predicted molar refractivity (Wildman–Crippen MR) is 273 cm³/mol. The van der Waals surface area contributed by atoms with Crippen molar-refractivity contribution in [3.05, 3.63) is 251 Å². The van der Waals surface area contributed by atoms with Gasteiger partial charge in [0.1, 0.15) is 0 Å². The summed E-state index contributed by atoms with van der Waals surface area (Å²) in [4.78, 5) is 0. The summed E-state index contributed by atoms with van der Waals surface area (Å²) in [5.74, 6) is 20.4. The summed E-state index contributed by atoms with van der Waals surface area (Å²) in [5, 5.41) is 0. The lowest BCUT2D eigenvalue weighted by molar-refractivity contribution is 0.336. The van der Waals surface area contributed by atoms with Gasteiger partial charge in [-0.1, -0.05) is 145 Å². The van der Waals surface area contributed by atoms with Crippen molar-refractivity contribution in [2.45, 2.75) is 38.5 Å². The first kappa shape index (κ1) is 45.9. The van der Waals surface area contributed by atoms with E-state index in [9.17, 15) is 0 Å². The highest BCUT2D eigenvalue weighted by Crippen LogP contribution is 2.33. The molecule has 7 aromatic rings. The molecule has 3 nitrogen and oxygen atoms in total. The number of methoxy groups -OCH3 is 3. The highest BCUT2D eigenvalue weighted by molar-refractivity contribution is 5.81. The molecule has 0 radical (unpaired) electrons. The summed E-state index contributed by atoms with van der Waals surface area (Å²) >= 11 is 0. The number of rotatable bonds is 15. The van der Waals surface area contributed by atoms with E-state index >= 15 is 0 Å². The minimum atomic E-state index is 0.682. The Morgan fingerprint density at radius 1 is 0.318 bits per heavy atom. The molecule has 0 bridgehead atoms. The van der Waals surface area contributed by atoms with Gasteiger partial charge in [0.15, 0.2) is 0 Å². The molecule has 0 spiro atoms. The van der Waals surface area contributed by atoms with Crippen LogP contribution in [0.3, 0.4) is 0 Å². The van der Waals surface area contributed by atoms with E-state index in [0.29, 0.717) is 19.3 Å². The third-order valence-corrected chi connectivity index (χ3v) is 11.2.